The second kappa shape index (κ2) is 9.64. The monoisotopic (exact) mass is 553 g/mol. The first-order valence-corrected chi connectivity index (χ1v) is 13.6. The van der Waals surface area contributed by atoms with Crippen molar-refractivity contribution in [2.24, 2.45) is 0 Å². The number of allylic oxidation sites excluding steroid dienone is 3. The molecule has 0 bridgehead atoms. The minimum Gasteiger partial charge on any atom is -0.236 e. The molecule has 0 saturated heterocycles. The Kier molecular flexibility index (Phi) is 6.46. The van der Waals surface area contributed by atoms with Gasteiger partial charge in [0.1, 0.15) is 0 Å². The first-order chi connectivity index (χ1) is 16.0. The van der Waals surface area contributed by atoms with Gasteiger partial charge in [0, 0.05) is 19.3 Å². The van der Waals surface area contributed by atoms with Crippen LogP contribution in [0, 0.1) is 13.8 Å². The van der Waals surface area contributed by atoms with E-state index in [1.54, 1.807) is 0 Å². The Morgan fingerprint density at radius 1 is 0.636 bits per heavy atom. The van der Waals surface area contributed by atoms with E-state index in [2.05, 4.69) is 123 Å². The van der Waals surface area contributed by atoms with E-state index < -0.39 is 0 Å². The van der Waals surface area contributed by atoms with Crippen molar-refractivity contribution >= 4 is 45.2 Å². The Bertz CT molecular complexity index is 1440. The lowest BCUT2D eigenvalue weighted by atomic mass is 10.00. The number of benzene rings is 3. The number of aromatic nitrogens is 3. The van der Waals surface area contributed by atoms with Crippen molar-refractivity contribution in [2.75, 3.05) is 0 Å². The molecule has 0 saturated carbocycles. The van der Waals surface area contributed by atoms with E-state index in [1.165, 1.54) is 25.8 Å². The summed E-state index contributed by atoms with van der Waals surface area (Å²) < 4.78 is 4.34. The van der Waals surface area contributed by atoms with E-state index in [-0.39, 0.29) is 20.7 Å². The van der Waals surface area contributed by atoms with Crippen molar-refractivity contribution < 1.29 is 0 Å². The summed E-state index contributed by atoms with van der Waals surface area (Å²) in [6.45, 7) is 4.24. The lowest BCUT2D eigenvalue weighted by molar-refractivity contribution is 1.10. The fraction of sp³-hybridized carbons (Fsp3) is 0.0714. The fourth-order valence-corrected chi connectivity index (χ4v) is 6.06. The zero-order valence-electron chi connectivity index (χ0n) is 18.5. The molecular weight excluding hydrogens is 532 g/mol. The normalized spacial score (nSPS) is 12.8. The molecule has 5 heteroatoms. The summed E-state index contributed by atoms with van der Waals surface area (Å²) >= 11 is 2.53. The second-order valence-corrected chi connectivity index (χ2v) is 11.0. The van der Waals surface area contributed by atoms with Crippen molar-refractivity contribution in [1.82, 2.24) is 15.0 Å². The van der Waals surface area contributed by atoms with Gasteiger partial charge >= 0.3 is 0 Å². The molecule has 2 radical (unpaired) electrons. The predicted octanol–water partition coefficient (Wildman–Crippen LogP) is 5.86. The molecule has 33 heavy (non-hydrogen) atoms. The molecule has 0 aliphatic carbocycles. The molecule has 1 aliphatic rings. The highest BCUT2D eigenvalue weighted by atomic mass is 127. The Labute approximate surface area is 212 Å². The number of hydrogen-bond acceptors (Lipinski definition) is 3. The van der Waals surface area contributed by atoms with Crippen molar-refractivity contribution in [3.63, 3.8) is 0 Å². The highest BCUT2D eigenvalue weighted by molar-refractivity contribution is 14.2. The summed E-state index contributed by atoms with van der Waals surface area (Å²) in [6.07, 6.45) is 6.48. The molecule has 0 unspecified atom stereocenters. The Morgan fingerprint density at radius 2 is 1.24 bits per heavy atom. The number of aryl methyl sites for hydroxylation is 2. The maximum Gasteiger partial charge on any atom is 0.244 e. The SMILES string of the molecule is Cc1cc(C2=IC=CC=C2)cc(-c2n[c]([Al])nc(-c3cc(C)cc(-c4ccccc4)c3)n2)c1. The van der Waals surface area contributed by atoms with Crippen LogP contribution in [-0.2, 0) is 0 Å². The van der Waals surface area contributed by atoms with Crippen LogP contribution < -0.4 is 4.69 Å². The predicted molar refractivity (Wildman–Crippen MR) is 147 cm³/mol. The van der Waals surface area contributed by atoms with E-state index in [9.17, 15) is 0 Å². The molecule has 0 spiro atoms. The number of rotatable bonds is 4. The quantitative estimate of drug-likeness (QED) is 0.235. The van der Waals surface area contributed by atoms with Crippen LogP contribution in [0.15, 0.2) is 89.0 Å². The zero-order valence-corrected chi connectivity index (χ0v) is 21.8. The number of nitrogens with zero attached hydrogens (tertiary/aromatic N) is 3. The molecule has 0 amide bonds. The second-order valence-electron chi connectivity index (χ2n) is 8.02. The average Bonchev–Trinajstić information content (AvgIpc) is 2.84. The third-order valence-corrected chi connectivity index (χ3v) is 8.00. The van der Waals surface area contributed by atoms with E-state index in [0.29, 0.717) is 16.3 Å². The van der Waals surface area contributed by atoms with Gasteiger partial charge in [-0.25, -0.2) is 15.0 Å². The molecule has 1 aliphatic heterocycles. The standard InChI is InChI=1S/C28H21IN3.Al/c1-19-12-22(21-8-4-3-5-9-21)16-24(14-19)27-30-18-31-28(32-27)25-15-20(2)13-23(17-25)26-10-6-7-11-29-26;/h3-17H,1-2H3;. The van der Waals surface area contributed by atoms with Gasteiger partial charge in [-0.15, -0.1) is 0 Å². The van der Waals surface area contributed by atoms with Crippen molar-refractivity contribution in [3.05, 3.63) is 106 Å². The topological polar surface area (TPSA) is 38.7 Å². The van der Waals surface area contributed by atoms with Crippen LogP contribution in [0.4, 0.5) is 0 Å². The van der Waals surface area contributed by atoms with Crippen LogP contribution in [-0.4, -0.2) is 34.8 Å². The molecule has 0 fully saturated rings. The van der Waals surface area contributed by atoms with Crippen LogP contribution in [0.2, 0.25) is 0 Å². The smallest absolute Gasteiger partial charge is 0.236 e. The Hall–Kier alpha value is -2.72. The highest BCUT2D eigenvalue weighted by Crippen LogP contribution is 2.28. The molecule has 3 nitrogen and oxygen atoms in total. The summed E-state index contributed by atoms with van der Waals surface area (Å²) in [5.74, 6) is 1.39. The molecule has 0 atom stereocenters. The van der Waals surface area contributed by atoms with E-state index in [4.69, 9.17) is 4.98 Å². The molecule has 1 aromatic heterocycles. The maximum absolute atomic E-state index is 4.91. The largest absolute Gasteiger partial charge is 0.244 e. The molecule has 3 aromatic carbocycles. The third kappa shape index (κ3) is 5.11. The third-order valence-electron chi connectivity index (χ3n) is 5.31. The van der Waals surface area contributed by atoms with Crippen molar-refractivity contribution in [3.8, 4) is 33.9 Å². The van der Waals surface area contributed by atoms with Gasteiger partial charge < -0.3 is 0 Å². The van der Waals surface area contributed by atoms with Crippen LogP contribution in [0.25, 0.3) is 33.9 Å². The molecule has 0 N–H and O–H groups in total. The molecule has 5 rings (SSSR count). The van der Waals surface area contributed by atoms with Crippen LogP contribution in [0.3, 0.4) is 0 Å². The minimum atomic E-state index is -0.113. The average molecular weight is 553 g/mol. The van der Waals surface area contributed by atoms with Crippen LogP contribution in [0.5, 0.6) is 0 Å². The van der Waals surface area contributed by atoms with Gasteiger partial charge in [-0.3, -0.25) is 0 Å². The van der Waals surface area contributed by atoms with Gasteiger partial charge in [-0.05, 0) is 76.1 Å². The van der Waals surface area contributed by atoms with Crippen LogP contribution >= 0.6 is 20.7 Å². The van der Waals surface area contributed by atoms with Gasteiger partial charge in [0.05, 0.1) is 0 Å². The fourth-order valence-electron chi connectivity index (χ4n) is 3.89. The Balaban J connectivity index is 1.60. The van der Waals surface area contributed by atoms with Gasteiger partial charge in [0.2, 0.25) is 16.3 Å². The summed E-state index contributed by atoms with van der Waals surface area (Å²) in [5, 5.41) is 0. The highest BCUT2D eigenvalue weighted by Gasteiger charge is 2.12. The van der Waals surface area contributed by atoms with E-state index in [0.717, 1.165) is 16.7 Å². The summed E-state index contributed by atoms with van der Waals surface area (Å²) in [7, 11) is 0. The zero-order chi connectivity index (χ0) is 22.8. The molecule has 158 valence electrons. The number of hydrogen-bond donors (Lipinski definition) is 0. The van der Waals surface area contributed by atoms with E-state index >= 15 is 0 Å². The summed E-state index contributed by atoms with van der Waals surface area (Å²) in [4.78, 5) is 14.2. The Morgan fingerprint density at radius 3 is 1.88 bits per heavy atom. The molecular formula is C28H21AlIN3. The van der Waals surface area contributed by atoms with Crippen LogP contribution in [0.1, 0.15) is 16.7 Å². The van der Waals surface area contributed by atoms with Crippen molar-refractivity contribution in [2.45, 2.75) is 13.8 Å². The summed E-state index contributed by atoms with van der Waals surface area (Å²) in [6, 6.07) is 23.5. The lowest BCUT2D eigenvalue weighted by Crippen LogP contribution is -2.17. The molecule has 2 heterocycles. The first kappa shape index (κ1) is 22.1. The molecule has 4 aromatic rings. The van der Waals surface area contributed by atoms with E-state index in [1.807, 2.05) is 6.07 Å². The van der Waals surface area contributed by atoms with Gasteiger partial charge in [0.15, 0.2) is 11.6 Å². The summed E-state index contributed by atoms with van der Waals surface area (Å²) in [5.41, 5.74) is 7.99. The van der Waals surface area contributed by atoms with Gasteiger partial charge in [-0.2, -0.15) is 0 Å². The van der Waals surface area contributed by atoms with Gasteiger partial charge in [-0.1, -0.05) is 75.3 Å². The number of halogens is 1. The lowest BCUT2D eigenvalue weighted by Gasteiger charge is -2.12. The van der Waals surface area contributed by atoms with Gasteiger partial charge in [0.25, 0.3) is 0 Å². The maximum atomic E-state index is 4.91. The van der Waals surface area contributed by atoms with Crippen molar-refractivity contribution in [1.29, 1.82) is 0 Å². The minimum absolute atomic E-state index is 0.113. The first-order valence-electron chi connectivity index (χ1n) is 10.7.